The van der Waals surface area contributed by atoms with Gasteiger partial charge in [0.15, 0.2) is 0 Å². The van der Waals surface area contributed by atoms with Crippen LogP contribution in [0.15, 0.2) is 0 Å². The molecule has 1 amide bonds. The van der Waals surface area contributed by atoms with E-state index in [0.29, 0.717) is 0 Å². The van der Waals surface area contributed by atoms with E-state index in [1.165, 1.54) is 0 Å². The fourth-order valence-electron chi connectivity index (χ4n) is 1.72. The van der Waals surface area contributed by atoms with Crippen molar-refractivity contribution in [1.29, 1.82) is 0 Å². The first-order valence-electron chi connectivity index (χ1n) is 5.19. The van der Waals surface area contributed by atoms with Crippen molar-refractivity contribution in [3.8, 4) is 0 Å². The van der Waals surface area contributed by atoms with Gasteiger partial charge in [0, 0.05) is 33.3 Å². The van der Waals surface area contributed by atoms with Crippen molar-refractivity contribution in [3.63, 3.8) is 0 Å². The Hall–Kier alpha value is -0.260. The third-order valence-electron chi connectivity index (χ3n) is 2.67. The summed E-state index contributed by atoms with van der Waals surface area (Å²) in [7, 11) is 1.55. The molecule has 4 nitrogen and oxygen atoms in total. The summed E-state index contributed by atoms with van der Waals surface area (Å²) < 4.78 is 4.83. The highest BCUT2D eigenvalue weighted by Gasteiger charge is 2.28. The predicted octanol–water partition coefficient (Wildman–Crippen LogP) is 0.443. The minimum Gasteiger partial charge on any atom is -0.375 e. The number of amides is 1. The van der Waals surface area contributed by atoms with Gasteiger partial charge in [-0.3, -0.25) is 9.69 Å². The van der Waals surface area contributed by atoms with Gasteiger partial charge in [-0.25, -0.2) is 0 Å². The van der Waals surface area contributed by atoms with E-state index in [2.05, 4.69) is 31.4 Å². The van der Waals surface area contributed by atoms with E-state index in [0.717, 1.165) is 26.2 Å². The van der Waals surface area contributed by atoms with E-state index >= 15 is 0 Å². The minimum atomic E-state index is -0.101. The number of methoxy groups -OCH3 is 1. The Kier molecular flexibility index (Phi) is 4.43. The van der Waals surface area contributed by atoms with Crippen molar-refractivity contribution < 1.29 is 9.53 Å². The number of ether oxygens (including phenoxy) is 1. The summed E-state index contributed by atoms with van der Waals surface area (Å²) in [6.07, 6.45) is 0. The van der Waals surface area contributed by atoms with Crippen LogP contribution in [0, 0.1) is 0 Å². The van der Waals surface area contributed by atoms with Crippen LogP contribution < -0.4 is 0 Å². The molecule has 0 N–H and O–H groups in total. The SMILES string of the molecule is COCC(=O)N1CCN(C(C)(C)S)CC1. The second kappa shape index (κ2) is 5.18. The molecule has 5 heteroatoms. The number of nitrogens with zero attached hydrogens (tertiary/aromatic N) is 2. The molecule has 0 unspecified atom stereocenters. The third kappa shape index (κ3) is 3.66. The van der Waals surface area contributed by atoms with E-state index in [4.69, 9.17) is 4.74 Å². The Labute approximate surface area is 97.0 Å². The number of carbonyl (C=O) groups is 1. The highest BCUT2D eigenvalue weighted by Crippen LogP contribution is 2.20. The van der Waals surface area contributed by atoms with Crippen molar-refractivity contribution in [1.82, 2.24) is 9.80 Å². The molecule has 0 aromatic heterocycles. The van der Waals surface area contributed by atoms with Crippen LogP contribution in [-0.4, -0.2) is 60.5 Å². The zero-order chi connectivity index (χ0) is 11.5. The molecule has 1 saturated heterocycles. The molecule has 0 atom stereocenters. The molecule has 88 valence electrons. The third-order valence-corrected chi connectivity index (χ3v) is 2.96. The molecule has 0 spiro atoms. The largest absolute Gasteiger partial charge is 0.375 e. The van der Waals surface area contributed by atoms with Gasteiger partial charge in [-0.05, 0) is 13.8 Å². The second-order valence-electron chi connectivity index (χ2n) is 4.30. The van der Waals surface area contributed by atoms with Gasteiger partial charge in [-0.2, -0.15) is 12.6 Å². The maximum absolute atomic E-state index is 11.5. The highest BCUT2D eigenvalue weighted by molar-refractivity contribution is 7.81. The summed E-state index contributed by atoms with van der Waals surface area (Å²) >= 11 is 4.52. The quantitative estimate of drug-likeness (QED) is 0.717. The van der Waals surface area contributed by atoms with Gasteiger partial charge in [0.1, 0.15) is 6.61 Å². The lowest BCUT2D eigenvalue weighted by molar-refractivity contribution is -0.137. The van der Waals surface area contributed by atoms with Crippen LogP contribution in [0.5, 0.6) is 0 Å². The fourth-order valence-corrected chi connectivity index (χ4v) is 1.92. The summed E-state index contributed by atoms with van der Waals surface area (Å²) in [5.74, 6) is 0.0779. The lowest BCUT2D eigenvalue weighted by Crippen LogP contribution is -2.54. The van der Waals surface area contributed by atoms with Gasteiger partial charge in [0.2, 0.25) is 5.91 Å². The average Bonchev–Trinajstić information content (AvgIpc) is 2.17. The van der Waals surface area contributed by atoms with E-state index in [9.17, 15) is 4.79 Å². The first-order chi connectivity index (χ1) is 6.95. The molecule has 0 aromatic rings. The van der Waals surface area contributed by atoms with Gasteiger partial charge in [-0.15, -0.1) is 0 Å². The van der Waals surface area contributed by atoms with Crippen LogP contribution in [-0.2, 0) is 9.53 Å². The van der Waals surface area contributed by atoms with Crippen molar-refractivity contribution in [2.24, 2.45) is 0 Å². The standard InChI is InChI=1S/C10H20N2O2S/c1-10(2,15)12-6-4-11(5-7-12)9(13)8-14-3/h15H,4-8H2,1-3H3. The maximum atomic E-state index is 11.5. The molecule has 0 radical (unpaired) electrons. The molecule has 15 heavy (non-hydrogen) atoms. The van der Waals surface area contributed by atoms with E-state index in [1.807, 2.05) is 4.90 Å². The van der Waals surface area contributed by atoms with E-state index in [-0.39, 0.29) is 17.4 Å². The van der Waals surface area contributed by atoms with Crippen LogP contribution in [0.2, 0.25) is 0 Å². The molecule has 0 aromatic carbocycles. The second-order valence-corrected chi connectivity index (χ2v) is 5.39. The Bertz CT molecular complexity index is 220. The van der Waals surface area contributed by atoms with Crippen LogP contribution in [0.25, 0.3) is 0 Å². The van der Waals surface area contributed by atoms with Crippen molar-refractivity contribution in [2.75, 3.05) is 39.9 Å². The summed E-state index contributed by atoms with van der Waals surface area (Å²) in [4.78, 5) is 15.5. The first kappa shape index (κ1) is 12.8. The van der Waals surface area contributed by atoms with Gasteiger partial charge in [-0.1, -0.05) is 0 Å². The van der Waals surface area contributed by atoms with Crippen molar-refractivity contribution >= 4 is 18.5 Å². The predicted molar refractivity (Wildman–Crippen MR) is 63.1 cm³/mol. The summed E-state index contributed by atoms with van der Waals surface area (Å²) in [5, 5.41) is 0. The van der Waals surface area contributed by atoms with Gasteiger partial charge < -0.3 is 9.64 Å². The van der Waals surface area contributed by atoms with Crippen LogP contribution in [0.3, 0.4) is 0 Å². The van der Waals surface area contributed by atoms with Crippen molar-refractivity contribution in [3.05, 3.63) is 0 Å². The molecule has 1 aliphatic heterocycles. The monoisotopic (exact) mass is 232 g/mol. The lowest BCUT2D eigenvalue weighted by Gasteiger charge is -2.41. The van der Waals surface area contributed by atoms with Crippen LogP contribution >= 0.6 is 12.6 Å². The number of thiol groups is 1. The number of hydrogen-bond donors (Lipinski definition) is 1. The zero-order valence-corrected chi connectivity index (χ0v) is 10.6. The van der Waals surface area contributed by atoms with E-state index in [1.54, 1.807) is 7.11 Å². The number of piperazine rings is 1. The minimum absolute atomic E-state index is 0.0779. The number of carbonyl (C=O) groups excluding carboxylic acids is 1. The molecule has 0 aliphatic carbocycles. The van der Waals surface area contributed by atoms with E-state index < -0.39 is 0 Å². The lowest BCUT2D eigenvalue weighted by atomic mass is 10.2. The van der Waals surface area contributed by atoms with Crippen molar-refractivity contribution in [2.45, 2.75) is 18.7 Å². The summed E-state index contributed by atoms with van der Waals surface area (Å²) in [6.45, 7) is 7.63. The fraction of sp³-hybridized carbons (Fsp3) is 0.900. The molecule has 0 saturated carbocycles. The average molecular weight is 232 g/mol. The molecule has 1 aliphatic rings. The Balaban J connectivity index is 2.39. The molecule has 1 heterocycles. The molecule has 1 fully saturated rings. The first-order valence-corrected chi connectivity index (χ1v) is 5.64. The molecule has 1 rings (SSSR count). The van der Waals surface area contributed by atoms with Gasteiger partial charge in [0.05, 0.1) is 4.87 Å². The Morgan fingerprint density at radius 2 is 1.87 bits per heavy atom. The number of rotatable bonds is 3. The topological polar surface area (TPSA) is 32.8 Å². The van der Waals surface area contributed by atoms with Gasteiger partial charge >= 0.3 is 0 Å². The molecule has 0 bridgehead atoms. The maximum Gasteiger partial charge on any atom is 0.248 e. The summed E-state index contributed by atoms with van der Waals surface area (Å²) in [6, 6.07) is 0. The van der Waals surface area contributed by atoms with Crippen LogP contribution in [0.1, 0.15) is 13.8 Å². The Morgan fingerprint density at radius 3 is 2.27 bits per heavy atom. The number of hydrogen-bond acceptors (Lipinski definition) is 4. The smallest absolute Gasteiger partial charge is 0.248 e. The molecular formula is C10H20N2O2S. The normalized spacial score (nSPS) is 19.3. The Morgan fingerprint density at radius 1 is 1.33 bits per heavy atom. The molecular weight excluding hydrogens is 212 g/mol. The summed E-state index contributed by atoms with van der Waals surface area (Å²) in [5.41, 5.74) is 0. The zero-order valence-electron chi connectivity index (χ0n) is 9.69. The van der Waals surface area contributed by atoms with Crippen LogP contribution in [0.4, 0.5) is 0 Å². The highest BCUT2D eigenvalue weighted by atomic mass is 32.1. The van der Waals surface area contributed by atoms with Gasteiger partial charge in [0.25, 0.3) is 0 Å².